The molecule has 3 N–H and O–H groups in total. The molecule has 0 saturated carbocycles. The summed E-state index contributed by atoms with van der Waals surface area (Å²) in [5, 5.41) is 11.4. The predicted molar refractivity (Wildman–Crippen MR) is 73.2 cm³/mol. The van der Waals surface area contributed by atoms with Crippen LogP contribution in [0.1, 0.15) is 5.69 Å². The lowest BCUT2D eigenvalue weighted by Gasteiger charge is -2.33. The summed E-state index contributed by atoms with van der Waals surface area (Å²) in [7, 11) is -3.14. The van der Waals surface area contributed by atoms with Gasteiger partial charge in [0.25, 0.3) is 0 Å². The molecule has 1 aromatic rings. The minimum Gasteiger partial charge on any atom is -0.409 e. The molecule has 10 heteroatoms. The number of hydrogen-bond donors (Lipinski definition) is 2. The first kappa shape index (κ1) is 14.5. The summed E-state index contributed by atoms with van der Waals surface area (Å²) in [4.78, 5) is 10.2. The minimum atomic E-state index is -3.14. The van der Waals surface area contributed by atoms with Gasteiger partial charge in [-0.25, -0.2) is 18.4 Å². The van der Waals surface area contributed by atoms with Crippen LogP contribution in [0.15, 0.2) is 17.5 Å². The molecule has 1 fully saturated rings. The van der Waals surface area contributed by atoms with Gasteiger partial charge in [0, 0.05) is 26.2 Å². The lowest BCUT2D eigenvalue weighted by atomic mass is 10.3. The van der Waals surface area contributed by atoms with Crippen LogP contribution in [0.2, 0.25) is 0 Å². The normalized spacial score (nSPS) is 18.2. The van der Waals surface area contributed by atoms with Crippen LogP contribution >= 0.6 is 0 Å². The number of piperazine rings is 1. The van der Waals surface area contributed by atoms with E-state index in [0.29, 0.717) is 32.0 Å². The summed E-state index contributed by atoms with van der Waals surface area (Å²) < 4.78 is 24.3. The van der Waals surface area contributed by atoms with Gasteiger partial charge in [0.1, 0.15) is 11.5 Å². The highest BCUT2D eigenvalue weighted by atomic mass is 32.2. The third kappa shape index (κ3) is 3.14. The molecule has 1 aromatic heterocycles. The smallest absolute Gasteiger partial charge is 0.211 e. The van der Waals surface area contributed by atoms with E-state index < -0.39 is 10.0 Å². The number of rotatable bonds is 3. The van der Waals surface area contributed by atoms with Crippen LogP contribution < -0.4 is 10.6 Å². The fourth-order valence-corrected chi connectivity index (χ4v) is 2.74. The van der Waals surface area contributed by atoms with Crippen molar-refractivity contribution in [2.75, 3.05) is 37.3 Å². The minimum absolute atomic E-state index is 0.106. The van der Waals surface area contributed by atoms with Gasteiger partial charge in [-0.3, -0.25) is 0 Å². The maximum Gasteiger partial charge on any atom is 0.211 e. The van der Waals surface area contributed by atoms with Crippen LogP contribution in [0.4, 0.5) is 5.82 Å². The van der Waals surface area contributed by atoms with E-state index in [1.54, 1.807) is 0 Å². The van der Waals surface area contributed by atoms with E-state index in [9.17, 15) is 8.42 Å². The average Bonchev–Trinajstić information content (AvgIpc) is 2.46. The standard InChI is InChI=1S/C10H16N6O3S/c1-20(18,19)16-4-2-15(3-5-16)9-7-12-8(6-13-9)10(11)14-17/h6-7,17H,2-5H2,1H3,(H2,11,14). The SMILES string of the molecule is CS(=O)(=O)N1CCN(c2cnc(C(N)=NO)cn2)CC1. The van der Waals surface area contributed by atoms with Crippen LogP contribution in [0.25, 0.3) is 0 Å². The maximum absolute atomic E-state index is 11.4. The highest BCUT2D eigenvalue weighted by molar-refractivity contribution is 7.88. The number of aromatic nitrogens is 2. The summed E-state index contributed by atoms with van der Waals surface area (Å²) in [6.07, 6.45) is 4.13. The first-order valence-corrected chi connectivity index (χ1v) is 7.76. The third-order valence-electron chi connectivity index (χ3n) is 3.04. The van der Waals surface area contributed by atoms with Crippen molar-refractivity contribution in [2.24, 2.45) is 10.9 Å². The zero-order valence-electron chi connectivity index (χ0n) is 11.0. The number of nitrogens with two attached hydrogens (primary N) is 1. The number of anilines is 1. The van der Waals surface area contributed by atoms with Crippen LogP contribution in [0.3, 0.4) is 0 Å². The lowest BCUT2D eigenvalue weighted by molar-refractivity contribution is 0.318. The fraction of sp³-hybridized carbons (Fsp3) is 0.500. The average molecular weight is 300 g/mol. The Bertz CT molecular complexity index is 592. The van der Waals surface area contributed by atoms with Crippen molar-refractivity contribution in [1.29, 1.82) is 0 Å². The first-order valence-electron chi connectivity index (χ1n) is 5.92. The Morgan fingerprint density at radius 2 is 1.95 bits per heavy atom. The van der Waals surface area contributed by atoms with E-state index in [-0.39, 0.29) is 11.5 Å². The summed E-state index contributed by atoms with van der Waals surface area (Å²) in [6.45, 7) is 1.93. The Labute approximate surface area is 116 Å². The molecule has 0 aromatic carbocycles. The maximum atomic E-state index is 11.4. The highest BCUT2D eigenvalue weighted by Gasteiger charge is 2.24. The molecular weight excluding hydrogens is 284 g/mol. The Kier molecular flexibility index (Phi) is 4.04. The molecule has 0 radical (unpaired) electrons. The molecule has 0 spiro atoms. The summed E-state index contributed by atoms with van der Waals surface area (Å²) in [5.74, 6) is 0.526. The largest absolute Gasteiger partial charge is 0.409 e. The molecule has 0 atom stereocenters. The Morgan fingerprint density at radius 3 is 2.40 bits per heavy atom. The van der Waals surface area contributed by atoms with Crippen LogP contribution in [0, 0.1) is 0 Å². The molecule has 1 aliphatic rings. The van der Waals surface area contributed by atoms with Crippen molar-refractivity contribution in [3.05, 3.63) is 18.1 Å². The quantitative estimate of drug-likeness (QED) is 0.306. The van der Waals surface area contributed by atoms with E-state index in [0.717, 1.165) is 0 Å². The van der Waals surface area contributed by atoms with Crippen LogP contribution in [-0.2, 0) is 10.0 Å². The number of hydrogen-bond acceptors (Lipinski definition) is 7. The molecule has 2 heterocycles. The van der Waals surface area contributed by atoms with Gasteiger partial charge in [-0.1, -0.05) is 5.16 Å². The lowest BCUT2D eigenvalue weighted by Crippen LogP contribution is -2.48. The molecule has 9 nitrogen and oxygen atoms in total. The van der Waals surface area contributed by atoms with Crippen molar-refractivity contribution in [3.8, 4) is 0 Å². The Morgan fingerprint density at radius 1 is 1.30 bits per heavy atom. The first-order chi connectivity index (χ1) is 9.41. The van der Waals surface area contributed by atoms with Gasteiger partial charge in [-0.05, 0) is 0 Å². The van der Waals surface area contributed by atoms with E-state index >= 15 is 0 Å². The molecule has 110 valence electrons. The van der Waals surface area contributed by atoms with E-state index in [2.05, 4.69) is 15.1 Å². The van der Waals surface area contributed by atoms with Gasteiger partial charge < -0.3 is 15.8 Å². The zero-order valence-corrected chi connectivity index (χ0v) is 11.8. The molecule has 1 aliphatic heterocycles. The number of amidine groups is 1. The topological polar surface area (TPSA) is 125 Å². The molecule has 0 aliphatic carbocycles. The molecule has 20 heavy (non-hydrogen) atoms. The van der Waals surface area contributed by atoms with Crippen molar-refractivity contribution in [3.63, 3.8) is 0 Å². The second-order valence-electron chi connectivity index (χ2n) is 4.39. The predicted octanol–water partition coefficient (Wildman–Crippen LogP) is -1.35. The van der Waals surface area contributed by atoms with E-state index in [1.807, 2.05) is 4.90 Å². The summed E-state index contributed by atoms with van der Waals surface area (Å²) in [6, 6.07) is 0. The van der Waals surface area contributed by atoms with Gasteiger partial charge in [0.2, 0.25) is 10.0 Å². The van der Waals surface area contributed by atoms with E-state index in [1.165, 1.54) is 23.0 Å². The van der Waals surface area contributed by atoms with Crippen LogP contribution in [-0.4, -0.2) is 66.2 Å². The fourth-order valence-electron chi connectivity index (χ4n) is 1.92. The van der Waals surface area contributed by atoms with Gasteiger partial charge in [-0.15, -0.1) is 0 Å². The Balaban J connectivity index is 2.04. The van der Waals surface area contributed by atoms with Gasteiger partial charge in [-0.2, -0.15) is 4.31 Å². The van der Waals surface area contributed by atoms with Gasteiger partial charge >= 0.3 is 0 Å². The molecule has 0 bridgehead atoms. The summed E-state index contributed by atoms with van der Waals surface area (Å²) >= 11 is 0. The number of nitrogens with zero attached hydrogens (tertiary/aromatic N) is 5. The second kappa shape index (κ2) is 5.59. The monoisotopic (exact) mass is 300 g/mol. The molecular formula is C10H16N6O3S. The number of oxime groups is 1. The molecule has 0 unspecified atom stereocenters. The van der Waals surface area contributed by atoms with Gasteiger partial charge in [0.05, 0.1) is 18.6 Å². The van der Waals surface area contributed by atoms with Crippen molar-refractivity contribution in [2.45, 2.75) is 0 Å². The van der Waals surface area contributed by atoms with Crippen molar-refractivity contribution >= 4 is 21.7 Å². The third-order valence-corrected chi connectivity index (χ3v) is 4.34. The van der Waals surface area contributed by atoms with Crippen molar-refractivity contribution < 1.29 is 13.6 Å². The summed E-state index contributed by atoms with van der Waals surface area (Å²) in [5.41, 5.74) is 5.68. The van der Waals surface area contributed by atoms with E-state index in [4.69, 9.17) is 10.9 Å². The highest BCUT2D eigenvalue weighted by Crippen LogP contribution is 2.13. The Hall–Kier alpha value is -1.94. The van der Waals surface area contributed by atoms with Gasteiger partial charge in [0.15, 0.2) is 5.84 Å². The van der Waals surface area contributed by atoms with Crippen LogP contribution in [0.5, 0.6) is 0 Å². The second-order valence-corrected chi connectivity index (χ2v) is 6.38. The molecule has 2 rings (SSSR count). The van der Waals surface area contributed by atoms with Crippen molar-refractivity contribution in [1.82, 2.24) is 14.3 Å². The molecule has 1 saturated heterocycles. The molecule has 0 amide bonds. The number of sulfonamides is 1. The zero-order chi connectivity index (χ0) is 14.8.